The van der Waals surface area contributed by atoms with Crippen LogP contribution in [-0.4, -0.2) is 42.1 Å². The van der Waals surface area contributed by atoms with Gasteiger partial charge in [-0.15, -0.1) is 0 Å². The van der Waals surface area contributed by atoms with Crippen LogP contribution in [0.15, 0.2) is 30.3 Å². The number of carbonyl (C=O) groups excluding carboxylic acids is 3. The van der Waals surface area contributed by atoms with Crippen LogP contribution in [0.4, 0.5) is 0 Å². The third-order valence-electron chi connectivity index (χ3n) is 3.96. The first kappa shape index (κ1) is 24.5. The molecule has 0 heterocycles. The Kier molecular flexibility index (Phi) is 9.65. The van der Waals surface area contributed by atoms with Crippen LogP contribution in [0.5, 0.6) is 5.75 Å². The average Bonchev–Trinajstić information content (AvgIpc) is 2.63. The first-order chi connectivity index (χ1) is 13.5. The lowest BCUT2D eigenvalue weighted by Crippen LogP contribution is -2.55. The first-order valence-corrected chi connectivity index (χ1v) is 10.0. The maximum atomic E-state index is 12.8. The lowest BCUT2D eigenvalue weighted by Gasteiger charge is -2.27. The number of hydrogen-bond acceptors (Lipinski definition) is 5. The predicted molar refractivity (Wildman–Crippen MR) is 111 cm³/mol. The molecule has 0 aliphatic rings. The third kappa shape index (κ3) is 9.45. The normalized spacial score (nSPS) is 13.3. The van der Waals surface area contributed by atoms with Gasteiger partial charge in [0.25, 0.3) is 5.91 Å². The molecule has 0 aliphatic heterocycles. The van der Waals surface area contributed by atoms with E-state index in [1.54, 1.807) is 32.9 Å². The summed E-state index contributed by atoms with van der Waals surface area (Å²) >= 11 is 0. The van der Waals surface area contributed by atoms with Crippen molar-refractivity contribution in [1.29, 1.82) is 0 Å². The zero-order valence-corrected chi connectivity index (χ0v) is 18.3. The van der Waals surface area contributed by atoms with Crippen molar-refractivity contribution in [2.75, 3.05) is 6.61 Å². The Labute approximate surface area is 173 Å². The van der Waals surface area contributed by atoms with Crippen molar-refractivity contribution >= 4 is 17.8 Å². The van der Waals surface area contributed by atoms with Gasteiger partial charge in [0, 0.05) is 0 Å². The van der Waals surface area contributed by atoms with Crippen molar-refractivity contribution in [3.63, 3.8) is 0 Å². The number of rotatable bonds is 10. The van der Waals surface area contributed by atoms with Crippen LogP contribution in [-0.2, 0) is 19.1 Å². The van der Waals surface area contributed by atoms with Crippen molar-refractivity contribution in [3.8, 4) is 5.75 Å². The van der Waals surface area contributed by atoms with E-state index in [0.29, 0.717) is 18.6 Å². The van der Waals surface area contributed by atoms with Crippen LogP contribution < -0.4 is 15.4 Å². The Balaban J connectivity index is 2.71. The fraction of sp³-hybridized carbons (Fsp3) is 0.591. The smallest absolute Gasteiger partial charge is 0.329 e. The Hall–Kier alpha value is -2.57. The molecule has 0 aliphatic carbocycles. The summed E-state index contributed by atoms with van der Waals surface area (Å²) in [6.45, 7) is 10.7. The molecule has 0 bridgehead atoms. The van der Waals surface area contributed by atoms with E-state index in [9.17, 15) is 14.4 Å². The quantitative estimate of drug-likeness (QED) is 0.583. The fourth-order valence-electron chi connectivity index (χ4n) is 2.59. The molecule has 1 aromatic carbocycles. The largest absolute Gasteiger partial charge is 0.484 e. The van der Waals surface area contributed by atoms with E-state index in [4.69, 9.17) is 9.47 Å². The van der Waals surface area contributed by atoms with Gasteiger partial charge in [-0.25, -0.2) is 4.79 Å². The van der Waals surface area contributed by atoms with Crippen LogP contribution >= 0.6 is 0 Å². The zero-order chi connectivity index (χ0) is 22.0. The minimum atomic E-state index is -0.788. The Morgan fingerprint density at radius 2 is 1.66 bits per heavy atom. The SMILES string of the molecule is CCC[C@H](NC(=O)[C@@H](NC(=O)COc1ccccc1)C(C)C)C(=O)OC(C)(C)C. The number of para-hydroxylation sites is 1. The summed E-state index contributed by atoms with van der Waals surface area (Å²) in [5, 5.41) is 5.42. The van der Waals surface area contributed by atoms with Crippen molar-refractivity contribution in [3.05, 3.63) is 30.3 Å². The second-order valence-electron chi connectivity index (χ2n) is 8.27. The minimum absolute atomic E-state index is 0.170. The van der Waals surface area contributed by atoms with Gasteiger partial charge in [0.2, 0.25) is 5.91 Å². The Morgan fingerprint density at radius 3 is 2.17 bits per heavy atom. The summed E-state index contributed by atoms with van der Waals surface area (Å²) in [5.74, 6) is -0.906. The minimum Gasteiger partial charge on any atom is -0.484 e. The molecule has 0 spiro atoms. The number of benzene rings is 1. The number of hydrogen-bond donors (Lipinski definition) is 2. The molecule has 0 aromatic heterocycles. The molecule has 1 aromatic rings. The Bertz CT molecular complexity index is 668. The van der Waals surface area contributed by atoms with Gasteiger partial charge in [0.05, 0.1) is 0 Å². The molecule has 0 fully saturated rings. The van der Waals surface area contributed by atoms with E-state index in [-0.39, 0.29) is 12.5 Å². The summed E-state index contributed by atoms with van der Waals surface area (Å²) in [6.07, 6.45) is 1.16. The highest BCUT2D eigenvalue weighted by molar-refractivity contribution is 5.91. The lowest BCUT2D eigenvalue weighted by molar-refractivity contribution is -0.159. The second kappa shape index (κ2) is 11.4. The fourth-order valence-corrected chi connectivity index (χ4v) is 2.59. The second-order valence-corrected chi connectivity index (χ2v) is 8.27. The van der Waals surface area contributed by atoms with Crippen molar-refractivity contribution < 1.29 is 23.9 Å². The van der Waals surface area contributed by atoms with Crippen LogP contribution in [0.2, 0.25) is 0 Å². The van der Waals surface area contributed by atoms with Gasteiger partial charge >= 0.3 is 5.97 Å². The molecule has 0 unspecified atom stereocenters. The molecular formula is C22H34N2O5. The average molecular weight is 407 g/mol. The van der Waals surface area contributed by atoms with Crippen LogP contribution in [0, 0.1) is 5.92 Å². The van der Waals surface area contributed by atoms with E-state index in [1.807, 2.05) is 39.0 Å². The highest BCUT2D eigenvalue weighted by Gasteiger charge is 2.30. The van der Waals surface area contributed by atoms with Crippen LogP contribution in [0.25, 0.3) is 0 Å². The van der Waals surface area contributed by atoms with E-state index in [1.165, 1.54) is 0 Å². The number of carbonyl (C=O) groups is 3. The molecule has 162 valence electrons. The predicted octanol–water partition coefficient (Wildman–Crippen LogP) is 2.83. The molecule has 0 saturated carbocycles. The molecule has 2 N–H and O–H groups in total. The summed E-state index contributed by atoms with van der Waals surface area (Å²) in [7, 11) is 0. The molecule has 0 radical (unpaired) electrons. The van der Waals surface area contributed by atoms with Gasteiger partial charge in [-0.05, 0) is 45.2 Å². The third-order valence-corrected chi connectivity index (χ3v) is 3.96. The topological polar surface area (TPSA) is 93.7 Å². The van der Waals surface area contributed by atoms with Gasteiger partial charge in [0.1, 0.15) is 23.4 Å². The molecule has 7 nitrogen and oxygen atoms in total. The highest BCUT2D eigenvalue weighted by Crippen LogP contribution is 2.12. The van der Waals surface area contributed by atoms with E-state index in [2.05, 4.69) is 10.6 Å². The van der Waals surface area contributed by atoms with Gasteiger partial charge < -0.3 is 20.1 Å². The Morgan fingerprint density at radius 1 is 1.03 bits per heavy atom. The molecule has 2 atom stereocenters. The summed E-state index contributed by atoms with van der Waals surface area (Å²) in [5.41, 5.74) is -0.645. The molecule has 7 heteroatoms. The van der Waals surface area contributed by atoms with Crippen molar-refractivity contribution in [2.24, 2.45) is 5.92 Å². The lowest BCUT2D eigenvalue weighted by atomic mass is 10.0. The van der Waals surface area contributed by atoms with Gasteiger partial charge in [0.15, 0.2) is 6.61 Å². The number of amides is 2. The molecule has 2 amide bonds. The number of ether oxygens (including phenoxy) is 2. The molecule has 1 rings (SSSR count). The van der Waals surface area contributed by atoms with Gasteiger partial charge in [-0.3, -0.25) is 9.59 Å². The van der Waals surface area contributed by atoms with E-state index < -0.39 is 35.5 Å². The molecule has 0 saturated heterocycles. The number of esters is 1. The van der Waals surface area contributed by atoms with Crippen LogP contribution in [0.1, 0.15) is 54.4 Å². The van der Waals surface area contributed by atoms with Crippen molar-refractivity contribution in [2.45, 2.75) is 72.1 Å². The highest BCUT2D eigenvalue weighted by atomic mass is 16.6. The maximum absolute atomic E-state index is 12.8. The molecular weight excluding hydrogens is 372 g/mol. The molecule has 29 heavy (non-hydrogen) atoms. The van der Waals surface area contributed by atoms with E-state index >= 15 is 0 Å². The number of nitrogens with one attached hydrogen (secondary N) is 2. The summed E-state index contributed by atoms with van der Waals surface area (Å²) in [4.78, 5) is 37.5. The van der Waals surface area contributed by atoms with Crippen LogP contribution in [0.3, 0.4) is 0 Å². The van der Waals surface area contributed by atoms with Gasteiger partial charge in [-0.2, -0.15) is 0 Å². The maximum Gasteiger partial charge on any atom is 0.329 e. The van der Waals surface area contributed by atoms with Crippen molar-refractivity contribution in [1.82, 2.24) is 10.6 Å². The first-order valence-electron chi connectivity index (χ1n) is 10.0. The standard InChI is InChI=1S/C22H34N2O5/c1-7-11-17(21(27)29-22(4,5)6)23-20(26)19(15(2)3)24-18(25)14-28-16-12-9-8-10-13-16/h8-10,12-13,15,17,19H,7,11,14H2,1-6H3,(H,23,26)(H,24,25)/t17-,19-/m0/s1. The summed E-state index contributed by atoms with van der Waals surface area (Å²) < 4.78 is 10.8. The van der Waals surface area contributed by atoms with Gasteiger partial charge in [-0.1, -0.05) is 45.4 Å². The monoisotopic (exact) mass is 406 g/mol. The zero-order valence-electron chi connectivity index (χ0n) is 18.3. The van der Waals surface area contributed by atoms with E-state index in [0.717, 1.165) is 0 Å². The summed E-state index contributed by atoms with van der Waals surface area (Å²) in [6, 6.07) is 7.41.